The molecule has 0 bridgehead atoms. The maximum Gasteiger partial charge on any atom is 0.383 e. The molecule has 1 rings (SSSR count). The molecule has 0 N–H and O–H groups in total. The van der Waals surface area contributed by atoms with Gasteiger partial charge in [0.2, 0.25) is 0 Å². The summed E-state index contributed by atoms with van der Waals surface area (Å²) in [6, 6.07) is 12.0. The molecular formula is C22H44F4O4. The van der Waals surface area contributed by atoms with E-state index in [4.69, 9.17) is 9.47 Å². The van der Waals surface area contributed by atoms with E-state index in [1.165, 1.54) is 25.7 Å². The van der Waals surface area contributed by atoms with Crippen molar-refractivity contribution in [1.82, 2.24) is 0 Å². The van der Waals surface area contributed by atoms with Crippen molar-refractivity contribution in [1.29, 1.82) is 0 Å². The van der Waals surface area contributed by atoms with E-state index in [-0.39, 0.29) is 0 Å². The summed E-state index contributed by atoms with van der Waals surface area (Å²) in [7, 11) is 5.20. The highest BCUT2D eigenvalue weighted by molar-refractivity contribution is 4.99. The minimum atomic E-state index is -3.58. The second kappa shape index (κ2) is 42.0. The summed E-state index contributed by atoms with van der Waals surface area (Å²) < 4.78 is 56.5. The normalized spacial score (nSPS) is 8.80. The van der Waals surface area contributed by atoms with Crippen molar-refractivity contribution in [3.8, 4) is 0 Å². The van der Waals surface area contributed by atoms with Crippen molar-refractivity contribution in [2.45, 2.75) is 59.5 Å². The molecule has 0 aliphatic heterocycles. The van der Waals surface area contributed by atoms with Crippen LogP contribution in [0, 0.1) is 0 Å². The summed E-state index contributed by atoms with van der Waals surface area (Å²) in [6.45, 7) is 8.03. The number of unbranched alkanes of at least 4 members (excludes halogenated alkanes) is 3. The summed E-state index contributed by atoms with van der Waals surface area (Å²) in [5.74, 6) is 0. The SMILES string of the molecule is CC.CC.COC(F)(F)CF.COCCCCCCOC.COF.c1ccccc1. The Balaban J connectivity index is -0.0000000922. The van der Waals surface area contributed by atoms with Crippen LogP contribution in [-0.4, -0.2) is 54.4 Å². The first-order chi connectivity index (χ1) is 14.4. The molecule has 0 amide bonds. The maximum atomic E-state index is 11.3. The summed E-state index contributed by atoms with van der Waals surface area (Å²) >= 11 is 0. The van der Waals surface area contributed by atoms with E-state index in [0.29, 0.717) is 0 Å². The lowest BCUT2D eigenvalue weighted by atomic mass is 10.2. The minimum absolute atomic E-state index is 0.750. The third kappa shape index (κ3) is 56.3. The number of methoxy groups -OCH3 is 3. The fourth-order valence-corrected chi connectivity index (χ4v) is 1.29. The molecule has 4 nitrogen and oxygen atoms in total. The molecular weight excluding hydrogens is 404 g/mol. The van der Waals surface area contributed by atoms with Crippen LogP contribution in [-0.2, 0) is 19.2 Å². The average Bonchev–Trinajstić information content (AvgIpc) is 2.81. The Bertz CT molecular complexity index is 291. The van der Waals surface area contributed by atoms with Crippen molar-refractivity contribution in [3.05, 3.63) is 36.4 Å². The fourth-order valence-electron chi connectivity index (χ4n) is 1.29. The third-order valence-electron chi connectivity index (χ3n) is 2.57. The quantitative estimate of drug-likeness (QED) is 0.294. The van der Waals surface area contributed by atoms with Crippen LogP contribution in [0.4, 0.5) is 17.7 Å². The Morgan fingerprint density at radius 3 is 1.03 bits per heavy atom. The molecule has 30 heavy (non-hydrogen) atoms. The number of benzene rings is 1. The van der Waals surface area contributed by atoms with Gasteiger partial charge in [-0.1, -0.05) is 76.9 Å². The first kappa shape index (κ1) is 39.3. The van der Waals surface area contributed by atoms with Crippen LogP contribution in [0.1, 0.15) is 53.4 Å². The van der Waals surface area contributed by atoms with Gasteiger partial charge in [0, 0.05) is 34.5 Å². The maximum absolute atomic E-state index is 11.3. The van der Waals surface area contributed by atoms with E-state index in [9.17, 15) is 17.7 Å². The molecule has 1 aromatic carbocycles. The minimum Gasteiger partial charge on any atom is -0.385 e. The van der Waals surface area contributed by atoms with E-state index in [1.54, 1.807) is 14.2 Å². The molecule has 0 saturated heterocycles. The van der Waals surface area contributed by atoms with Crippen LogP contribution in [0.3, 0.4) is 0 Å². The highest BCUT2D eigenvalue weighted by Gasteiger charge is 2.27. The summed E-state index contributed by atoms with van der Waals surface area (Å²) in [4.78, 5) is 2.75. The van der Waals surface area contributed by atoms with Crippen LogP contribution >= 0.6 is 0 Å². The first-order valence-corrected chi connectivity index (χ1v) is 10.1. The Labute approximate surface area is 181 Å². The van der Waals surface area contributed by atoms with Crippen LogP contribution in [0.25, 0.3) is 0 Å². The van der Waals surface area contributed by atoms with Crippen LogP contribution in [0.5, 0.6) is 0 Å². The number of halogens is 4. The van der Waals surface area contributed by atoms with Crippen molar-refractivity contribution < 1.29 is 36.8 Å². The number of ether oxygens (including phenoxy) is 3. The van der Waals surface area contributed by atoms with Gasteiger partial charge in [-0.2, -0.15) is 13.7 Å². The van der Waals surface area contributed by atoms with Crippen molar-refractivity contribution in [2.24, 2.45) is 0 Å². The third-order valence-corrected chi connectivity index (χ3v) is 2.57. The zero-order valence-electron chi connectivity index (χ0n) is 20.1. The summed E-state index contributed by atoms with van der Waals surface area (Å²) in [5, 5.41) is 0. The van der Waals surface area contributed by atoms with Gasteiger partial charge in [0.1, 0.15) is 0 Å². The van der Waals surface area contributed by atoms with Gasteiger partial charge in [0.15, 0.2) is 6.67 Å². The lowest BCUT2D eigenvalue weighted by Gasteiger charge is -2.06. The lowest BCUT2D eigenvalue weighted by molar-refractivity contribution is -0.229. The Hall–Kier alpha value is -1.22. The number of alkyl halides is 3. The Morgan fingerprint density at radius 2 is 0.900 bits per heavy atom. The highest BCUT2D eigenvalue weighted by Crippen LogP contribution is 2.12. The molecule has 0 atom stereocenters. The highest BCUT2D eigenvalue weighted by atomic mass is 19.3. The average molecular weight is 449 g/mol. The molecule has 8 heteroatoms. The van der Waals surface area contributed by atoms with Gasteiger partial charge in [-0.05, 0) is 17.4 Å². The number of hydrogen-bond donors (Lipinski definition) is 0. The Morgan fingerprint density at radius 1 is 0.633 bits per heavy atom. The van der Waals surface area contributed by atoms with Crippen LogP contribution < -0.4 is 0 Å². The largest absolute Gasteiger partial charge is 0.385 e. The Kier molecular flexibility index (Phi) is 55.0. The zero-order valence-corrected chi connectivity index (χ0v) is 20.1. The summed E-state index contributed by atoms with van der Waals surface area (Å²) in [5.41, 5.74) is 0. The molecule has 184 valence electrons. The smallest absolute Gasteiger partial charge is 0.383 e. The van der Waals surface area contributed by atoms with Gasteiger partial charge in [-0.15, -0.1) is 0 Å². The number of hydrogen-bond acceptors (Lipinski definition) is 4. The molecule has 0 fully saturated rings. The van der Waals surface area contributed by atoms with E-state index in [0.717, 1.165) is 27.4 Å². The molecule has 0 unspecified atom stereocenters. The standard InChI is InChI=1S/C8H18O2.C6H6.C3H5F3O.2C2H6.CH3FO/c1-9-7-5-3-4-6-8-10-2;1-2-4-6-5-3-1;1-7-3(5,6)2-4;2*1-2;1-3-2/h3-8H2,1-2H3;1-6H;2H2,1H3;2*1-2H3;1H3. The lowest BCUT2D eigenvalue weighted by Crippen LogP contribution is -2.20. The monoisotopic (exact) mass is 448 g/mol. The van der Waals surface area contributed by atoms with Crippen molar-refractivity contribution in [2.75, 3.05) is 48.3 Å². The zero-order chi connectivity index (χ0) is 24.5. The van der Waals surface area contributed by atoms with E-state index in [2.05, 4.69) is 9.68 Å². The van der Waals surface area contributed by atoms with Crippen molar-refractivity contribution in [3.63, 3.8) is 0 Å². The topological polar surface area (TPSA) is 36.9 Å². The van der Waals surface area contributed by atoms with E-state index < -0.39 is 12.8 Å². The second-order valence-corrected chi connectivity index (χ2v) is 4.68. The molecule has 0 radical (unpaired) electrons. The van der Waals surface area contributed by atoms with Crippen LogP contribution in [0.15, 0.2) is 36.4 Å². The predicted octanol–water partition coefficient (Wildman–Crippen LogP) is 7.29. The molecule has 0 saturated carbocycles. The molecule has 0 aliphatic rings. The van der Waals surface area contributed by atoms with E-state index in [1.807, 2.05) is 64.1 Å². The fraction of sp³-hybridized carbons (Fsp3) is 0.727. The van der Waals surface area contributed by atoms with Gasteiger partial charge in [-0.3, -0.25) is 0 Å². The molecule has 0 aliphatic carbocycles. The summed E-state index contributed by atoms with van der Waals surface area (Å²) in [6.07, 6.45) is 1.30. The van der Waals surface area contributed by atoms with Gasteiger partial charge in [0.25, 0.3) is 0 Å². The van der Waals surface area contributed by atoms with Gasteiger partial charge in [-0.25, -0.2) is 4.39 Å². The van der Waals surface area contributed by atoms with Gasteiger partial charge >= 0.3 is 6.11 Å². The van der Waals surface area contributed by atoms with E-state index >= 15 is 0 Å². The first-order valence-electron chi connectivity index (χ1n) is 10.1. The van der Waals surface area contributed by atoms with Gasteiger partial charge < -0.3 is 14.2 Å². The molecule has 0 heterocycles. The second-order valence-electron chi connectivity index (χ2n) is 4.68. The van der Waals surface area contributed by atoms with Gasteiger partial charge in [0.05, 0.1) is 7.11 Å². The molecule has 1 aromatic rings. The van der Waals surface area contributed by atoms with Crippen LogP contribution in [0.2, 0.25) is 0 Å². The molecule has 0 spiro atoms. The van der Waals surface area contributed by atoms with Crippen molar-refractivity contribution >= 4 is 0 Å². The predicted molar refractivity (Wildman–Crippen MR) is 117 cm³/mol. The number of rotatable bonds is 9. The molecule has 0 aromatic heterocycles.